The number of sulfonamides is 1. The smallest absolute Gasteiger partial charge is 0.264 e. The van der Waals surface area contributed by atoms with Crippen LogP contribution in [-0.2, 0) is 14.8 Å². The van der Waals surface area contributed by atoms with Crippen LogP contribution in [0.15, 0.2) is 59.5 Å². The van der Waals surface area contributed by atoms with Crippen LogP contribution < -0.4 is 4.31 Å². The van der Waals surface area contributed by atoms with E-state index in [1.165, 1.54) is 4.31 Å². The Hall–Kier alpha value is -2.34. The molecule has 1 aliphatic rings. The minimum atomic E-state index is -3.83. The second-order valence-electron chi connectivity index (χ2n) is 6.96. The summed E-state index contributed by atoms with van der Waals surface area (Å²) in [5.41, 5.74) is 1.37. The van der Waals surface area contributed by atoms with E-state index >= 15 is 0 Å². The van der Waals surface area contributed by atoms with Crippen LogP contribution in [0.1, 0.15) is 31.2 Å². The van der Waals surface area contributed by atoms with Crippen molar-refractivity contribution in [3.8, 4) is 0 Å². The summed E-state index contributed by atoms with van der Waals surface area (Å²) >= 11 is 0. The fraction of sp³-hybridized carbons (Fsp3) is 0.381. The molecule has 0 aliphatic carbocycles. The van der Waals surface area contributed by atoms with Crippen LogP contribution in [0.3, 0.4) is 0 Å². The van der Waals surface area contributed by atoms with Crippen molar-refractivity contribution in [3.63, 3.8) is 0 Å². The summed E-state index contributed by atoms with van der Waals surface area (Å²) in [7, 11) is -3.83. The first-order valence-electron chi connectivity index (χ1n) is 9.41. The van der Waals surface area contributed by atoms with E-state index in [0.29, 0.717) is 18.8 Å². The van der Waals surface area contributed by atoms with Crippen LogP contribution in [0.2, 0.25) is 0 Å². The molecule has 1 aliphatic heterocycles. The average molecular weight is 387 g/mol. The van der Waals surface area contributed by atoms with Gasteiger partial charge >= 0.3 is 0 Å². The molecule has 1 saturated heterocycles. The number of hydrogen-bond acceptors (Lipinski definition) is 3. The monoisotopic (exact) mass is 386 g/mol. The highest BCUT2D eigenvalue weighted by Crippen LogP contribution is 2.24. The number of nitrogens with zero attached hydrogens (tertiary/aromatic N) is 2. The molecule has 6 heteroatoms. The fourth-order valence-electron chi connectivity index (χ4n) is 3.36. The van der Waals surface area contributed by atoms with Crippen LogP contribution in [0, 0.1) is 6.92 Å². The lowest BCUT2D eigenvalue weighted by molar-refractivity contribution is -0.129. The number of hydrogen-bond donors (Lipinski definition) is 0. The zero-order valence-corrected chi connectivity index (χ0v) is 16.5. The average Bonchev–Trinajstić information content (AvgIpc) is 2.96. The summed E-state index contributed by atoms with van der Waals surface area (Å²) in [5, 5.41) is 0. The van der Waals surface area contributed by atoms with E-state index in [1.54, 1.807) is 47.4 Å². The summed E-state index contributed by atoms with van der Waals surface area (Å²) in [6.07, 6.45) is 4.19. The molecule has 3 rings (SSSR count). The minimum absolute atomic E-state index is 0.142. The van der Waals surface area contributed by atoms with Crippen molar-refractivity contribution in [1.82, 2.24) is 4.90 Å². The predicted molar refractivity (Wildman–Crippen MR) is 107 cm³/mol. The maximum Gasteiger partial charge on any atom is 0.264 e. The van der Waals surface area contributed by atoms with Crippen LogP contribution >= 0.6 is 0 Å². The molecule has 0 spiro atoms. The molecule has 2 aromatic carbocycles. The van der Waals surface area contributed by atoms with Gasteiger partial charge in [-0.05, 0) is 49.6 Å². The van der Waals surface area contributed by atoms with E-state index in [0.717, 1.165) is 31.2 Å². The fourth-order valence-corrected chi connectivity index (χ4v) is 4.87. The van der Waals surface area contributed by atoms with E-state index < -0.39 is 10.0 Å². The topological polar surface area (TPSA) is 57.7 Å². The molecule has 1 fully saturated rings. The third-order valence-corrected chi connectivity index (χ3v) is 6.63. The Labute approximate surface area is 161 Å². The Balaban J connectivity index is 1.93. The van der Waals surface area contributed by atoms with Gasteiger partial charge in [-0.3, -0.25) is 9.10 Å². The zero-order chi connectivity index (χ0) is 19.3. The van der Waals surface area contributed by atoms with Crippen molar-refractivity contribution in [2.75, 3.05) is 23.9 Å². The summed E-state index contributed by atoms with van der Waals surface area (Å²) in [5.74, 6) is -0.142. The predicted octanol–water partition coefficient (Wildman–Crippen LogP) is 3.59. The van der Waals surface area contributed by atoms with Gasteiger partial charge in [0.2, 0.25) is 5.91 Å². The molecule has 0 radical (unpaired) electrons. The highest BCUT2D eigenvalue weighted by Gasteiger charge is 2.29. The molecule has 144 valence electrons. The third kappa shape index (κ3) is 4.69. The molecule has 0 atom stereocenters. The highest BCUT2D eigenvalue weighted by atomic mass is 32.2. The number of para-hydroxylation sites is 1. The van der Waals surface area contributed by atoms with Crippen molar-refractivity contribution in [2.45, 2.75) is 37.5 Å². The summed E-state index contributed by atoms with van der Waals surface area (Å²) in [6.45, 7) is 3.08. The Morgan fingerprint density at radius 1 is 0.963 bits per heavy atom. The Bertz CT molecular complexity index is 873. The molecule has 1 amide bonds. The molecule has 0 saturated carbocycles. The van der Waals surface area contributed by atoms with Crippen molar-refractivity contribution < 1.29 is 13.2 Å². The number of likely N-dealkylation sites (tertiary alicyclic amines) is 1. The van der Waals surface area contributed by atoms with Crippen LogP contribution in [-0.4, -0.2) is 38.9 Å². The summed E-state index contributed by atoms with van der Waals surface area (Å²) in [4.78, 5) is 14.9. The van der Waals surface area contributed by atoms with Gasteiger partial charge in [-0.25, -0.2) is 8.42 Å². The first-order chi connectivity index (χ1) is 13.0. The molecular formula is C21H26N2O3S. The first kappa shape index (κ1) is 19.4. The molecule has 0 bridgehead atoms. The van der Waals surface area contributed by atoms with Gasteiger partial charge < -0.3 is 4.90 Å². The van der Waals surface area contributed by atoms with E-state index in [4.69, 9.17) is 0 Å². The van der Waals surface area contributed by atoms with E-state index in [2.05, 4.69) is 0 Å². The molecule has 2 aromatic rings. The number of benzene rings is 2. The molecule has 5 nitrogen and oxygen atoms in total. The molecular weight excluding hydrogens is 360 g/mol. The Morgan fingerprint density at radius 2 is 1.63 bits per heavy atom. The first-order valence-corrected chi connectivity index (χ1v) is 10.8. The second kappa shape index (κ2) is 8.57. The minimum Gasteiger partial charge on any atom is -0.341 e. The standard InChI is InChI=1S/C21H26N2O3S/c1-18-10-9-13-20(16-18)27(25,26)23(19-11-5-4-6-12-19)17-21(24)22-14-7-2-3-8-15-22/h4-6,9-13,16H,2-3,7-8,14-15,17H2,1H3. The third-order valence-electron chi connectivity index (χ3n) is 4.86. The lowest BCUT2D eigenvalue weighted by atomic mass is 10.2. The number of amides is 1. The number of rotatable bonds is 5. The van der Waals surface area contributed by atoms with Gasteiger partial charge in [0.15, 0.2) is 0 Å². The SMILES string of the molecule is Cc1cccc(S(=O)(=O)N(CC(=O)N2CCCCCC2)c2ccccc2)c1. The quantitative estimate of drug-likeness (QED) is 0.789. The zero-order valence-electron chi connectivity index (χ0n) is 15.7. The van der Waals surface area contributed by atoms with Crippen LogP contribution in [0.5, 0.6) is 0 Å². The van der Waals surface area contributed by atoms with Gasteiger partial charge in [0.1, 0.15) is 6.54 Å². The second-order valence-corrected chi connectivity index (χ2v) is 8.82. The van der Waals surface area contributed by atoms with Crippen molar-refractivity contribution in [3.05, 3.63) is 60.2 Å². The van der Waals surface area contributed by atoms with Crippen molar-refractivity contribution in [1.29, 1.82) is 0 Å². The normalized spacial score (nSPS) is 15.2. The van der Waals surface area contributed by atoms with Gasteiger partial charge in [-0.2, -0.15) is 0 Å². The Morgan fingerprint density at radius 3 is 2.26 bits per heavy atom. The Kier molecular flexibility index (Phi) is 6.16. The van der Waals surface area contributed by atoms with Crippen LogP contribution in [0.25, 0.3) is 0 Å². The number of carbonyl (C=O) groups excluding carboxylic acids is 1. The lowest BCUT2D eigenvalue weighted by Gasteiger charge is -2.28. The number of carbonyl (C=O) groups is 1. The maximum atomic E-state index is 13.3. The van der Waals surface area contributed by atoms with Gasteiger partial charge in [0.05, 0.1) is 10.6 Å². The van der Waals surface area contributed by atoms with Crippen molar-refractivity contribution in [2.24, 2.45) is 0 Å². The largest absolute Gasteiger partial charge is 0.341 e. The number of anilines is 1. The maximum absolute atomic E-state index is 13.3. The summed E-state index contributed by atoms with van der Waals surface area (Å²) in [6, 6.07) is 15.6. The molecule has 1 heterocycles. The van der Waals surface area contributed by atoms with Gasteiger partial charge in [-0.1, -0.05) is 43.2 Å². The van der Waals surface area contributed by atoms with Gasteiger partial charge in [-0.15, -0.1) is 0 Å². The van der Waals surface area contributed by atoms with Gasteiger partial charge in [0.25, 0.3) is 10.0 Å². The molecule has 0 N–H and O–H groups in total. The van der Waals surface area contributed by atoms with Crippen LogP contribution in [0.4, 0.5) is 5.69 Å². The molecule has 0 aromatic heterocycles. The van der Waals surface area contributed by atoms with E-state index in [1.807, 2.05) is 19.1 Å². The van der Waals surface area contributed by atoms with Crippen molar-refractivity contribution >= 4 is 21.6 Å². The van der Waals surface area contributed by atoms with E-state index in [9.17, 15) is 13.2 Å². The highest BCUT2D eigenvalue weighted by molar-refractivity contribution is 7.92. The van der Waals surface area contributed by atoms with Gasteiger partial charge in [0, 0.05) is 13.1 Å². The molecule has 27 heavy (non-hydrogen) atoms. The lowest BCUT2D eigenvalue weighted by Crippen LogP contribution is -2.43. The summed E-state index contributed by atoms with van der Waals surface area (Å²) < 4.78 is 27.9. The molecule has 0 unspecified atom stereocenters. The van der Waals surface area contributed by atoms with E-state index in [-0.39, 0.29) is 17.3 Å². The number of aryl methyl sites for hydroxylation is 1.